The molecule has 128 valence electrons. The Kier molecular flexibility index (Phi) is 6.42. The van der Waals surface area contributed by atoms with Gasteiger partial charge in [0.15, 0.2) is 6.10 Å². The van der Waals surface area contributed by atoms with Crippen LogP contribution in [0, 0.1) is 5.82 Å². The summed E-state index contributed by atoms with van der Waals surface area (Å²) in [6.45, 7) is 2.28. The number of benzene rings is 2. The molecule has 0 bridgehead atoms. The summed E-state index contributed by atoms with van der Waals surface area (Å²) < 4.78 is 28.8. The van der Waals surface area contributed by atoms with Gasteiger partial charge in [-0.2, -0.15) is 0 Å². The van der Waals surface area contributed by atoms with Crippen molar-refractivity contribution in [2.24, 2.45) is 0 Å². The molecule has 1 amide bonds. The fourth-order valence-electron chi connectivity index (χ4n) is 1.93. The van der Waals surface area contributed by atoms with E-state index in [2.05, 4.69) is 5.32 Å². The Morgan fingerprint density at radius 1 is 1.04 bits per heavy atom. The Balaban J connectivity index is 1.70. The van der Waals surface area contributed by atoms with Gasteiger partial charge in [0, 0.05) is 0 Å². The van der Waals surface area contributed by atoms with Gasteiger partial charge in [0.25, 0.3) is 5.91 Å². The first-order valence-electron chi connectivity index (χ1n) is 7.55. The van der Waals surface area contributed by atoms with Gasteiger partial charge >= 0.3 is 0 Å². The molecule has 0 aliphatic rings. The quantitative estimate of drug-likeness (QED) is 0.755. The van der Waals surface area contributed by atoms with Gasteiger partial charge in [-0.05, 0) is 55.5 Å². The number of halogens is 1. The van der Waals surface area contributed by atoms with Gasteiger partial charge in [-0.1, -0.05) is 0 Å². The van der Waals surface area contributed by atoms with Gasteiger partial charge in [0.1, 0.15) is 29.7 Å². The molecular formula is C18H20FNO4. The first kappa shape index (κ1) is 17.6. The normalized spacial score (nSPS) is 11.5. The molecule has 2 rings (SSSR count). The van der Waals surface area contributed by atoms with E-state index in [1.54, 1.807) is 38.3 Å². The molecular weight excluding hydrogens is 313 g/mol. The van der Waals surface area contributed by atoms with Crippen LogP contribution >= 0.6 is 0 Å². The summed E-state index contributed by atoms with van der Waals surface area (Å²) in [7, 11) is 1.58. The van der Waals surface area contributed by atoms with Gasteiger partial charge in [-0.3, -0.25) is 4.79 Å². The molecule has 1 atom stereocenters. The molecule has 1 N–H and O–H groups in total. The van der Waals surface area contributed by atoms with E-state index in [4.69, 9.17) is 14.2 Å². The highest BCUT2D eigenvalue weighted by molar-refractivity contribution is 5.80. The summed E-state index contributed by atoms with van der Waals surface area (Å²) >= 11 is 0. The van der Waals surface area contributed by atoms with Crippen molar-refractivity contribution in [2.45, 2.75) is 13.0 Å². The molecule has 0 fully saturated rings. The third-order valence-corrected chi connectivity index (χ3v) is 3.23. The van der Waals surface area contributed by atoms with Crippen molar-refractivity contribution in [3.63, 3.8) is 0 Å². The van der Waals surface area contributed by atoms with Crippen LogP contribution in [0.2, 0.25) is 0 Å². The van der Waals surface area contributed by atoms with Gasteiger partial charge in [0.2, 0.25) is 0 Å². The number of hydrogen-bond donors (Lipinski definition) is 1. The SMILES string of the molecule is COc1ccc(O[C@@H](C)C(=O)NCCOc2ccc(F)cc2)cc1. The molecule has 24 heavy (non-hydrogen) atoms. The number of methoxy groups -OCH3 is 1. The van der Waals surface area contributed by atoms with E-state index >= 15 is 0 Å². The molecule has 0 heterocycles. The van der Waals surface area contributed by atoms with Crippen LogP contribution in [0.5, 0.6) is 17.2 Å². The maximum Gasteiger partial charge on any atom is 0.260 e. The summed E-state index contributed by atoms with van der Waals surface area (Å²) in [6, 6.07) is 12.7. The zero-order valence-corrected chi connectivity index (χ0v) is 13.6. The molecule has 0 aromatic heterocycles. The molecule has 0 unspecified atom stereocenters. The van der Waals surface area contributed by atoms with Crippen LogP contribution in [0.3, 0.4) is 0 Å². The number of nitrogens with one attached hydrogen (secondary N) is 1. The molecule has 0 aliphatic carbocycles. The minimum absolute atomic E-state index is 0.242. The molecule has 0 saturated heterocycles. The summed E-state index contributed by atoms with van der Waals surface area (Å²) in [6.07, 6.45) is -0.635. The van der Waals surface area contributed by atoms with Crippen LogP contribution in [-0.2, 0) is 4.79 Å². The third-order valence-electron chi connectivity index (χ3n) is 3.23. The Morgan fingerprint density at radius 2 is 1.62 bits per heavy atom. The molecule has 0 saturated carbocycles. The second kappa shape index (κ2) is 8.76. The van der Waals surface area contributed by atoms with Crippen molar-refractivity contribution < 1.29 is 23.4 Å². The average molecular weight is 333 g/mol. The van der Waals surface area contributed by atoms with Gasteiger partial charge in [0.05, 0.1) is 13.7 Å². The molecule has 6 heteroatoms. The Hall–Kier alpha value is -2.76. The first-order valence-corrected chi connectivity index (χ1v) is 7.55. The van der Waals surface area contributed by atoms with Gasteiger partial charge in [-0.15, -0.1) is 0 Å². The number of hydrogen-bond acceptors (Lipinski definition) is 4. The Labute approximate surface area is 140 Å². The number of amides is 1. The molecule has 2 aromatic carbocycles. The van der Waals surface area contributed by atoms with Crippen LogP contribution in [0.15, 0.2) is 48.5 Å². The Morgan fingerprint density at radius 3 is 2.25 bits per heavy atom. The van der Waals surface area contributed by atoms with E-state index in [0.717, 1.165) is 5.75 Å². The molecule has 0 spiro atoms. The summed E-state index contributed by atoms with van der Waals surface area (Å²) in [4.78, 5) is 12.0. The average Bonchev–Trinajstić information content (AvgIpc) is 2.60. The number of ether oxygens (including phenoxy) is 3. The lowest BCUT2D eigenvalue weighted by molar-refractivity contribution is -0.127. The predicted octanol–water partition coefficient (Wildman–Crippen LogP) is 2.80. The lowest BCUT2D eigenvalue weighted by Crippen LogP contribution is -2.38. The molecule has 5 nitrogen and oxygen atoms in total. The second-order valence-electron chi connectivity index (χ2n) is 5.03. The van der Waals surface area contributed by atoms with Crippen molar-refractivity contribution >= 4 is 5.91 Å². The standard InChI is InChI=1S/C18H20FNO4/c1-13(24-17-9-7-15(22-2)8-10-17)18(21)20-11-12-23-16-5-3-14(19)4-6-16/h3-10,13H,11-12H2,1-2H3,(H,20,21)/t13-/m0/s1. The maximum atomic E-state index is 12.8. The van der Waals surface area contributed by atoms with E-state index < -0.39 is 6.10 Å². The maximum absolute atomic E-state index is 12.8. The lowest BCUT2D eigenvalue weighted by Gasteiger charge is -2.15. The summed E-state index contributed by atoms with van der Waals surface area (Å²) in [5, 5.41) is 2.72. The number of carbonyl (C=O) groups is 1. The van der Waals surface area contributed by atoms with Crippen molar-refractivity contribution in [1.29, 1.82) is 0 Å². The lowest BCUT2D eigenvalue weighted by atomic mass is 10.3. The van der Waals surface area contributed by atoms with Crippen molar-refractivity contribution in [3.8, 4) is 17.2 Å². The van der Waals surface area contributed by atoms with Crippen molar-refractivity contribution in [2.75, 3.05) is 20.3 Å². The zero-order chi connectivity index (χ0) is 17.4. The molecule has 0 aliphatic heterocycles. The topological polar surface area (TPSA) is 56.8 Å². The van der Waals surface area contributed by atoms with Crippen molar-refractivity contribution in [1.82, 2.24) is 5.32 Å². The van der Waals surface area contributed by atoms with E-state index in [-0.39, 0.29) is 18.3 Å². The minimum atomic E-state index is -0.635. The van der Waals surface area contributed by atoms with Gasteiger partial charge < -0.3 is 19.5 Å². The van der Waals surface area contributed by atoms with Crippen LogP contribution in [0.25, 0.3) is 0 Å². The molecule has 2 aromatic rings. The van der Waals surface area contributed by atoms with Crippen LogP contribution in [0.1, 0.15) is 6.92 Å². The third kappa shape index (κ3) is 5.46. The zero-order valence-electron chi connectivity index (χ0n) is 13.6. The molecule has 0 radical (unpaired) electrons. The van der Waals surface area contributed by atoms with E-state index in [0.29, 0.717) is 18.0 Å². The highest BCUT2D eigenvalue weighted by atomic mass is 19.1. The number of rotatable bonds is 8. The second-order valence-corrected chi connectivity index (χ2v) is 5.03. The van der Waals surface area contributed by atoms with Crippen LogP contribution < -0.4 is 19.5 Å². The van der Waals surface area contributed by atoms with Gasteiger partial charge in [-0.25, -0.2) is 4.39 Å². The highest BCUT2D eigenvalue weighted by Crippen LogP contribution is 2.18. The monoisotopic (exact) mass is 333 g/mol. The van der Waals surface area contributed by atoms with E-state index in [1.807, 2.05) is 0 Å². The smallest absolute Gasteiger partial charge is 0.260 e. The van der Waals surface area contributed by atoms with Crippen LogP contribution in [-0.4, -0.2) is 32.3 Å². The minimum Gasteiger partial charge on any atom is -0.497 e. The summed E-state index contributed by atoms with van der Waals surface area (Å²) in [5.41, 5.74) is 0. The first-order chi connectivity index (χ1) is 11.6. The summed E-state index contributed by atoms with van der Waals surface area (Å²) in [5.74, 6) is 1.29. The highest BCUT2D eigenvalue weighted by Gasteiger charge is 2.14. The fourth-order valence-corrected chi connectivity index (χ4v) is 1.93. The number of carbonyl (C=O) groups excluding carboxylic acids is 1. The fraction of sp³-hybridized carbons (Fsp3) is 0.278. The van der Waals surface area contributed by atoms with Crippen LogP contribution in [0.4, 0.5) is 4.39 Å². The van der Waals surface area contributed by atoms with E-state index in [9.17, 15) is 9.18 Å². The largest absolute Gasteiger partial charge is 0.497 e. The van der Waals surface area contributed by atoms with E-state index in [1.165, 1.54) is 24.3 Å². The predicted molar refractivity (Wildman–Crippen MR) is 88.0 cm³/mol. The Bertz CT molecular complexity index is 643. The van der Waals surface area contributed by atoms with Crippen molar-refractivity contribution in [3.05, 3.63) is 54.3 Å².